The van der Waals surface area contributed by atoms with Crippen LogP contribution in [0.3, 0.4) is 0 Å². The summed E-state index contributed by atoms with van der Waals surface area (Å²) in [5.74, 6) is -0.110. The summed E-state index contributed by atoms with van der Waals surface area (Å²) in [5.41, 5.74) is 4.07. The first-order valence-electron chi connectivity index (χ1n) is 8.67. The Morgan fingerprint density at radius 1 is 1.00 bits per heavy atom. The van der Waals surface area contributed by atoms with Gasteiger partial charge in [0, 0.05) is 19.3 Å². The molecule has 0 aliphatic heterocycles. The highest BCUT2D eigenvalue weighted by Crippen LogP contribution is 2.07. The van der Waals surface area contributed by atoms with Crippen molar-refractivity contribution in [2.45, 2.75) is 19.6 Å². The van der Waals surface area contributed by atoms with Crippen molar-refractivity contribution in [2.75, 3.05) is 14.1 Å². The summed E-state index contributed by atoms with van der Waals surface area (Å²) >= 11 is 0. The maximum atomic E-state index is 12.3. The summed E-state index contributed by atoms with van der Waals surface area (Å²) in [6, 6.07) is 18.4. The normalized spacial score (nSPS) is 10.9. The van der Waals surface area contributed by atoms with Gasteiger partial charge in [0.05, 0.1) is 18.3 Å². The van der Waals surface area contributed by atoms with E-state index in [0.717, 1.165) is 17.7 Å². The molecule has 5 heteroatoms. The summed E-state index contributed by atoms with van der Waals surface area (Å²) in [6.07, 6.45) is 3.39. The van der Waals surface area contributed by atoms with Gasteiger partial charge >= 0.3 is 0 Å². The Hall–Kier alpha value is -2.92. The van der Waals surface area contributed by atoms with Crippen LogP contribution in [0, 0.1) is 0 Å². The molecule has 5 nitrogen and oxygen atoms in total. The molecular weight excluding hydrogens is 324 g/mol. The summed E-state index contributed by atoms with van der Waals surface area (Å²) in [5, 5.41) is 7.23. The Balaban J connectivity index is 1.53. The number of nitrogens with one attached hydrogen (secondary N) is 1. The molecule has 0 radical (unpaired) electrons. The van der Waals surface area contributed by atoms with Gasteiger partial charge in [0.25, 0.3) is 5.91 Å². The second-order valence-corrected chi connectivity index (χ2v) is 6.65. The minimum atomic E-state index is -0.110. The highest BCUT2D eigenvalue weighted by molar-refractivity contribution is 5.93. The summed E-state index contributed by atoms with van der Waals surface area (Å²) < 4.78 is 1.78. The molecule has 0 saturated carbocycles. The lowest BCUT2D eigenvalue weighted by molar-refractivity contribution is 0.0951. The molecule has 0 unspecified atom stereocenters. The molecular formula is C21H24N4O. The van der Waals surface area contributed by atoms with E-state index in [9.17, 15) is 4.79 Å². The van der Waals surface area contributed by atoms with Crippen molar-refractivity contribution in [2.24, 2.45) is 0 Å². The average molecular weight is 348 g/mol. The van der Waals surface area contributed by atoms with E-state index in [2.05, 4.69) is 39.6 Å². The van der Waals surface area contributed by atoms with Crippen molar-refractivity contribution >= 4 is 5.91 Å². The van der Waals surface area contributed by atoms with Crippen molar-refractivity contribution in [3.63, 3.8) is 0 Å². The number of hydrogen-bond donors (Lipinski definition) is 1. The third kappa shape index (κ3) is 5.04. The molecule has 1 heterocycles. The van der Waals surface area contributed by atoms with Crippen LogP contribution in [0.1, 0.15) is 27.0 Å². The Labute approximate surface area is 154 Å². The summed E-state index contributed by atoms with van der Waals surface area (Å²) in [6.45, 7) is 2.07. The van der Waals surface area contributed by atoms with E-state index in [-0.39, 0.29) is 5.91 Å². The first-order chi connectivity index (χ1) is 12.6. The first kappa shape index (κ1) is 17.9. The first-order valence-corrected chi connectivity index (χ1v) is 8.67. The molecule has 3 aromatic rings. The SMILES string of the molecule is CN(C)Cc1ccc(CNC(=O)c2cnn(Cc3ccccc3)c2)cc1. The molecule has 0 bridgehead atoms. The van der Waals surface area contributed by atoms with E-state index < -0.39 is 0 Å². The molecule has 0 saturated heterocycles. The van der Waals surface area contributed by atoms with Gasteiger partial charge in [-0.25, -0.2) is 0 Å². The van der Waals surface area contributed by atoms with E-state index in [1.165, 1.54) is 5.56 Å². The topological polar surface area (TPSA) is 50.2 Å². The molecule has 0 aliphatic rings. The zero-order chi connectivity index (χ0) is 18.4. The fourth-order valence-corrected chi connectivity index (χ4v) is 2.75. The molecule has 2 aromatic carbocycles. The smallest absolute Gasteiger partial charge is 0.254 e. The molecule has 0 fully saturated rings. The maximum Gasteiger partial charge on any atom is 0.254 e. The number of amides is 1. The van der Waals surface area contributed by atoms with E-state index >= 15 is 0 Å². The molecule has 1 N–H and O–H groups in total. The number of carbonyl (C=O) groups excluding carboxylic acids is 1. The minimum Gasteiger partial charge on any atom is -0.348 e. The van der Waals surface area contributed by atoms with Crippen LogP contribution in [-0.4, -0.2) is 34.7 Å². The lowest BCUT2D eigenvalue weighted by Gasteiger charge is -2.10. The van der Waals surface area contributed by atoms with E-state index in [1.54, 1.807) is 17.1 Å². The van der Waals surface area contributed by atoms with Crippen LogP contribution in [0.15, 0.2) is 67.0 Å². The number of nitrogens with zero attached hydrogens (tertiary/aromatic N) is 3. The molecule has 1 aromatic heterocycles. The van der Waals surface area contributed by atoms with Gasteiger partial charge < -0.3 is 10.2 Å². The Morgan fingerprint density at radius 3 is 2.38 bits per heavy atom. The van der Waals surface area contributed by atoms with Crippen LogP contribution in [0.2, 0.25) is 0 Å². The summed E-state index contributed by atoms with van der Waals surface area (Å²) in [4.78, 5) is 14.5. The van der Waals surface area contributed by atoms with Crippen molar-refractivity contribution in [3.8, 4) is 0 Å². The van der Waals surface area contributed by atoms with Crippen LogP contribution >= 0.6 is 0 Å². The fourth-order valence-electron chi connectivity index (χ4n) is 2.75. The number of rotatable bonds is 7. The fraction of sp³-hybridized carbons (Fsp3) is 0.238. The predicted octanol–water partition coefficient (Wildman–Crippen LogP) is 2.92. The maximum absolute atomic E-state index is 12.3. The van der Waals surface area contributed by atoms with Gasteiger partial charge in [0.15, 0.2) is 0 Å². The largest absolute Gasteiger partial charge is 0.348 e. The van der Waals surface area contributed by atoms with E-state index in [1.807, 2.05) is 44.4 Å². The van der Waals surface area contributed by atoms with Gasteiger partial charge in [0.2, 0.25) is 0 Å². The standard InChI is InChI=1S/C21H24N4O/c1-24(2)14-19-10-8-17(9-11-19)12-22-21(26)20-13-23-25(16-20)15-18-6-4-3-5-7-18/h3-11,13,16H,12,14-15H2,1-2H3,(H,22,26). The molecule has 0 spiro atoms. The third-order valence-corrected chi connectivity index (χ3v) is 4.06. The highest BCUT2D eigenvalue weighted by atomic mass is 16.1. The number of aromatic nitrogens is 2. The Bertz CT molecular complexity index is 838. The Kier molecular flexibility index (Phi) is 5.81. The average Bonchev–Trinajstić information content (AvgIpc) is 3.10. The molecule has 134 valence electrons. The van der Waals surface area contributed by atoms with Crippen LogP contribution in [0.4, 0.5) is 0 Å². The van der Waals surface area contributed by atoms with Gasteiger partial charge in [0.1, 0.15) is 0 Å². The predicted molar refractivity (Wildman–Crippen MR) is 103 cm³/mol. The van der Waals surface area contributed by atoms with Crippen LogP contribution in [0.5, 0.6) is 0 Å². The molecule has 0 atom stereocenters. The lowest BCUT2D eigenvalue weighted by atomic mass is 10.1. The molecule has 1 amide bonds. The number of hydrogen-bond acceptors (Lipinski definition) is 3. The van der Waals surface area contributed by atoms with Gasteiger partial charge in [-0.05, 0) is 30.8 Å². The second kappa shape index (κ2) is 8.45. The van der Waals surface area contributed by atoms with Crippen molar-refractivity contribution in [1.82, 2.24) is 20.0 Å². The zero-order valence-electron chi connectivity index (χ0n) is 15.2. The lowest BCUT2D eigenvalue weighted by Crippen LogP contribution is -2.22. The van der Waals surface area contributed by atoms with Gasteiger partial charge in [-0.2, -0.15) is 5.10 Å². The third-order valence-electron chi connectivity index (χ3n) is 4.06. The van der Waals surface area contributed by atoms with Gasteiger partial charge in [-0.3, -0.25) is 9.48 Å². The number of carbonyl (C=O) groups is 1. The molecule has 3 rings (SSSR count). The van der Waals surface area contributed by atoms with Crippen molar-refractivity contribution in [3.05, 3.63) is 89.2 Å². The van der Waals surface area contributed by atoms with Crippen molar-refractivity contribution in [1.29, 1.82) is 0 Å². The summed E-state index contributed by atoms with van der Waals surface area (Å²) in [7, 11) is 4.10. The Morgan fingerprint density at radius 2 is 1.69 bits per heavy atom. The van der Waals surface area contributed by atoms with E-state index in [4.69, 9.17) is 0 Å². The van der Waals surface area contributed by atoms with Crippen LogP contribution in [-0.2, 0) is 19.6 Å². The monoisotopic (exact) mass is 348 g/mol. The quantitative estimate of drug-likeness (QED) is 0.714. The molecule has 26 heavy (non-hydrogen) atoms. The van der Waals surface area contributed by atoms with Gasteiger partial charge in [-0.1, -0.05) is 54.6 Å². The zero-order valence-corrected chi connectivity index (χ0v) is 15.2. The minimum absolute atomic E-state index is 0.110. The second-order valence-electron chi connectivity index (χ2n) is 6.65. The highest BCUT2D eigenvalue weighted by Gasteiger charge is 2.08. The molecule has 0 aliphatic carbocycles. The van der Waals surface area contributed by atoms with Crippen molar-refractivity contribution < 1.29 is 4.79 Å². The number of benzene rings is 2. The van der Waals surface area contributed by atoms with Crippen LogP contribution in [0.25, 0.3) is 0 Å². The van der Waals surface area contributed by atoms with Crippen LogP contribution < -0.4 is 5.32 Å². The van der Waals surface area contributed by atoms with E-state index in [0.29, 0.717) is 18.7 Å². The van der Waals surface area contributed by atoms with Gasteiger partial charge in [-0.15, -0.1) is 0 Å².